The first-order valence-corrected chi connectivity index (χ1v) is 11.3. The summed E-state index contributed by atoms with van der Waals surface area (Å²) in [6.45, 7) is 3.06. The van der Waals surface area contributed by atoms with Gasteiger partial charge in [0.05, 0.1) is 24.8 Å². The molecule has 1 atom stereocenters. The number of ether oxygens (including phenoxy) is 3. The molecule has 2 aliphatic rings. The van der Waals surface area contributed by atoms with Crippen molar-refractivity contribution in [3.8, 4) is 23.1 Å². The van der Waals surface area contributed by atoms with Crippen LogP contribution in [0.3, 0.4) is 0 Å². The Morgan fingerprint density at radius 3 is 2.91 bits per heavy atom. The van der Waals surface area contributed by atoms with E-state index in [-0.39, 0.29) is 12.7 Å². The molecule has 2 aliphatic heterocycles. The number of hydrogen-bond donors (Lipinski definition) is 0. The molecular weight excluding hydrogens is 432 g/mol. The number of nitrogens with zero attached hydrogens (tertiary/aromatic N) is 6. The molecule has 0 unspecified atom stereocenters. The monoisotopic (exact) mass is 456 g/mol. The predicted molar refractivity (Wildman–Crippen MR) is 125 cm³/mol. The number of aryl methyl sites for hydroxylation is 2. The molecule has 0 saturated carbocycles. The van der Waals surface area contributed by atoms with Gasteiger partial charge in [-0.2, -0.15) is 5.10 Å². The van der Waals surface area contributed by atoms with Gasteiger partial charge < -0.3 is 18.8 Å². The number of fused-ring (bicyclic) bond motifs is 2. The van der Waals surface area contributed by atoms with E-state index in [9.17, 15) is 0 Å². The summed E-state index contributed by atoms with van der Waals surface area (Å²) < 4.78 is 20.7. The zero-order valence-electron chi connectivity index (χ0n) is 19.0. The van der Waals surface area contributed by atoms with E-state index in [0.717, 1.165) is 59.3 Å². The lowest BCUT2D eigenvalue weighted by atomic mass is 9.90. The Kier molecular flexibility index (Phi) is 5.01. The number of hydrogen-bond acceptors (Lipinski definition) is 7. The van der Waals surface area contributed by atoms with E-state index in [2.05, 4.69) is 16.0 Å². The number of rotatable bonds is 5. The molecule has 1 aromatic carbocycles. The van der Waals surface area contributed by atoms with E-state index in [1.165, 1.54) is 0 Å². The Hall–Kier alpha value is -4.14. The summed E-state index contributed by atoms with van der Waals surface area (Å²) in [5.41, 5.74) is 3.63. The zero-order valence-corrected chi connectivity index (χ0v) is 19.0. The highest BCUT2D eigenvalue weighted by molar-refractivity contribution is 5.66. The van der Waals surface area contributed by atoms with Crippen molar-refractivity contribution in [1.29, 1.82) is 0 Å². The third kappa shape index (κ3) is 3.59. The second-order valence-corrected chi connectivity index (χ2v) is 8.35. The van der Waals surface area contributed by atoms with Gasteiger partial charge in [0, 0.05) is 24.2 Å². The second kappa shape index (κ2) is 8.33. The highest BCUT2D eigenvalue weighted by Gasteiger charge is 2.30. The molecule has 0 bridgehead atoms. The third-order valence-electron chi connectivity index (χ3n) is 6.14. The number of para-hydroxylation sites is 1. The van der Waals surface area contributed by atoms with Gasteiger partial charge in [0.25, 0.3) is 0 Å². The minimum absolute atomic E-state index is 0.121. The van der Waals surface area contributed by atoms with Gasteiger partial charge in [-0.3, -0.25) is 0 Å². The maximum Gasteiger partial charge on any atom is 0.238 e. The molecule has 0 radical (unpaired) electrons. The second-order valence-electron chi connectivity index (χ2n) is 8.35. The molecule has 172 valence electrons. The molecule has 0 fully saturated rings. The fourth-order valence-electron chi connectivity index (χ4n) is 4.56. The van der Waals surface area contributed by atoms with Crippen LogP contribution in [0.15, 0.2) is 42.9 Å². The molecule has 6 rings (SSSR count). The van der Waals surface area contributed by atoms with Crippen molar-refractivity contribution in [1.82, 2.24) is 29.3 Å². The Morgan fingerprint density at radius 1 is 1.12 bits per heavy atom. The van der Waals surface area contributed by atoms with Gasteiger partial charge in [0.2, 0.25) is 12.7 Å². The van der Waals surface area contributed by atoms with Crippen LogP contribution < -0.4 is 14.2 Å². The lowest BCUT2D eigenvalue weighted by Gasteiger charge is -2.23. The molecule has 3 aromatic heterocycles. The van der Waals surface area contributed by atoms with Crippen LogP contribution in [-0.4, -0.2) is 43.2 Å². The molecular formula is C25H24N6O3. The molecule has 9 nitrogen and oxygen atoms in total. The van der Waals surface area contributed by atoms with Crippen LogP contribution in [0, 0.1) is 6.92 Å². The fourth-order valence-corrected chi connectivity index (χ4v) is 4.56. The van der Waals surface area contributed by atoms with Crippen LogP contribution in [-0.2, 0) is 6.54 Å². The Morgan fingerprint density at radius 2 is 2.06 bits per heavy atom. The predicted octanol–water partition coefficient (Wildman–Crippen LogP) is 4.00. The van der Waals surface area contributed by atoms with E-state index >= 15 is 0 Å². The van der Waals surface area contributed by atoms with Crippen molar-refractivity contribution in [3.05, 3.63) is 71.5 Å². The third-order valence-corrected chi connectivity index (χ3v) is 6.14. The lowest BCUT2D eigenvalue weighted by Crippen LogP contribution is -2.18. The van der Waals surface area contributed by atoms with Gasteiger partial charge in [-0.1, -0.05) is 12.1 Å². The first kappa shape index (κ1) is 20.5. The number of aromatic nitrogens is 6. The van der Waals surface area contributed by atoms with E-state index in [1.54, 1.807) is 13.4 Å². The van der Waals surface area contributed by atoms with E-state index < -0.39 is 0 Å². The van der Waals surface area contributed by atoms with Crippen LogP contribution >= 0.6 is 0 Å². The first-order valence-electron chi connectivity index (χ1n) is 11.3. The van der Waals surface area contributed by atoms with Crippen molar-refractivity contribution in [2.75, 3.05) is 13.9 Å². The van der Waals surface area contributed by atoms with Crippen LogP contribution in [0.5, 0.6) is 17.4 Å². The average Bonchev–Trinajstić information content (AvgIpc) is 3.61. The van der Waals surface area contributed by atoms with Gasteiger partial charge in [-0.05, 0) is 50.1 Å². The molecule has 0 saturated heterocycles. The fraction of sp³-hybridized carbons (Fsp3) is 0.280. The summed E-state index contributed by atoms with van der Waals surface area (Å²) >= 11 is 0. The van der Waals surface area contributed by atoms with Crippen LogP contribution in [0.4, 0.5) is 0 Å². The Bertz CT molecular complexity index is 1390. The molecule has 4 aromatic rings. The van der Waals surface area contributed by atoms with Crippen molar-refractivity contribution in [3.63, 3.8) is 0 Å². The van der Waals surface area contributed by atoms with Gasteiger partial charge in [-0.15, -0.1) is 0 Å². The normalized spacial score (nSPS) is 16.7. The SMILES string of the molecule is COc1nc(/C=C/c2nc3n(n2)CCC[C@@H]3c2cccc3c2OCO3)ccc1-n1cnc(C)c1. The van der Waals surface area contributed by atoms with Gasteiger partial charge in [-0.25, -0.2) is 19.6 Å². The van der Waals surface area contributed by atoms with Crippen LogP contribution in [0.1, 0.15) is 47.4 Å². The summed E-state index contributed by atoms with van der Waals surface area (Å²) in [4.78, 5) is 13.8. The van der Waals surface area contributed by atoms with Gasteiger partial charge >= 0.3 is 0 Å². The Balaban J connectivity index is 1.28. The van der Waals surface area contributed by atoms with Crippen molar-refractivity contribution >= 4 is 12.2 Å². The molecule has 0 N–H and O–H groups in total. The van der Waals surface area contributed by atoms with Crippen molar-refractivity contribution in [2.45, 2.75) is 32.2 Å². The summed E-state index contributed by atoms with van der Waals surface area (Å²) in [5.74, 6) is 3.87. The van der Waals surface area contributed by atoms with Crippen LogP contribution in [0.2, 0.25) is 0 Å². The maximum absolute atomic E-state index is 5.76. The minimum atomic E-state index is 0.121. The standard InChI is InChI=1S/C25H24N6O3/c1-16-13-30(14-26-16)20-10-8-17(27-25(20)32-2)9-11-22-28-24-19(6-4-12-31(24)29-22)18-5-3-7-21-23(18)34-15-33-21/h3,5,7-11,13-14,19H,4,6,12,15H2,1-2H3/b11-9+/t19-/m1/s1. The number of pyridine rings is 1. The van der Waals surface area contributed by atoms with Gasteiger partial charge in [0.15, 0.2) is 17.3 Å². The van der Waals surface area contributed by atoms with Crippen molar-refractivity contribution < 1.29 is 14.2 Å². The Labute approximate surface area is 196 Å². The van der Waals surface area contributed by atoms with Crippen molar-refractivity contribution in [2.24, 2.45) is 0 Å². The number of benzene rings is 1. The first-order chi connectivity index (χ1) is 16.7. The number of imidazole rings is 1. The molecule has 0 aliphatic carbocycles. The van der Waals surface area contributed by atoms with E-state index in [1.807, 2.05) is 58.8 Å². The molecule has 5 heterocycles. The lowest BCUT2D eigenvalue weighted by molar-refractivity contribution is 0.173. The summed E-state index contributed by atoms with van der Waals surface area (Å²) in [5, 5.41) is 4.72. The summed E-state index contributed by atoms with van der Waals surface area (Å²) in [6.07, 6.45) is 9.50. The van der Waals surface area contributed by atoms with E-state index in [4.69, 9.17) is 24.3 Å². The summed E-state index contributed by atoms with van der Waals surface area (Å²) in [6, 6.07) is 9.94. The minimum Gasteiger partial charge on any atom is -0.479 e. The zero-order chi connectivity index (χ0) is 23.1. The molecule has 9 heteroatoms. The maximum atomic E-state index is 5.76. The van der Waals surface area contributed by atoms with E-state index in [0.29, 0.717) is 11.7 Å². The highest BCUT2D eigenvalue weighted by Crippen LogP contribution is 2.43. The number of methoxy groups -OCH3 is 1. The highest BCUT2D eigenvalue weighted by atomic mass is 16.7. The average molecular weight is 457 g/mol. The summed E-state index contributed by atoms with van der Waals surface area (Å²) in [7, 11) is 1.61. The molecule has 0 amide bonds. The van der Waals surface area contributed by atoms with Crippen LogP contribution in [0.25, 0.3) is 17.8 Å². The largest absolute Gasteiger partial charge is 0.479 e. The molecule has 0 spiro atoms. The smallest absolute Gasteiger partial charge is 0.238 e. The quantitative estimate of drug-likeness (QED) is 0.448. The van der Waals surface area contributed by atoms with Gasteiger partial charge in [0.1, 0.15) is 11.5 Å². The topological polar surface area (TPSA) is 89.1 Å². The molecule has 34 heavy (non-hydrogen) atoms.